The Labute approximate surface area is 153 Å². The van der Waals surface area contributed by atoms with Crippen LogP contribution in [0.1, 0.15) is 18.9 Å². The van der Waals surface area contributed by atoms with Crippen LogP contribution in [0.3, 0.4) is 0 Å². The number of ether oxygens (including phenoxy) is 1. The summed E-state index contributed by atoms with van der Waals surface area (Å²) in [5.74, 6) is 0.452. The Balaban J connectivity index is 1.67. The van der Waals surface area contributed by atoms with Gasteiger partial charge >= 0.3 is 0 Å². The van der Waals surface area contributed by atoms with E-state index in [1.807, 2.05) is 24.3 Å². The molecule has 1 aromatic carbocycles. The van der Waals surface area contributed by atoms with Gasteiger partial charge in [-0.2, -0.15) is 0 Å². The van der Waals surface area contributed by atoms with Crippen molar-refractivity contribution in [3.8, 4) is 5.75 Å². The standard InChI is InChI=1S/C18H24N2O5S/c1-13(21)19-9-10-20(17-12-26(23,24)11-16(17)19)18(22)8-5-14-3-6-15(25-2)7-4-14/h3-4,6-7,16-17H,5,8-12H2,1-2H3/t16-,17+/m1/s1. The number of hydrogen-bond donors (Lipinski definition) is 0. The van der Waals surface area contributed by atoms with Gasteiger partial charge in [-0.25, -0.2) is 8.42 Å². The van der Waals surface area contributed by atoms with Crippen molar-refractivity contribution < 1.29 is 22.7 Å². The molecule has 2 aliphatic heterocycles. The van der Waals surface area contributed by atoms with Gasteiger partial charge in [-0.3, -0.25) is 9.59 Å². The van der Waals surface area contributed by atoms with Gasteiger partial charge in [0.05, 0.1) is 30.7 Å². The topological polar surface area (TPSA) is 84.0 Å². The van der Waals surface area contributed by atoms with Crippen LogP contribution < -0.4 is 4.74 Å². The molecule has 3 rings (SSSR count). The smallest absolute Gasteiger partial charge is 0.223 e. The normalized spacial score (nSPS) is 24.2. The maximum atomic E-state index is 12.7. The number of hydrogen-bond acceptors (Lipinski definition) is 5. The zero-order valence-corrected chi connectivity index (χ0v) is 15.9. The highest BCUT2D eigenvalue weighted by Crippen LogP contribution is 2.28. The fourth-order valence-electron chi connectivity index (χ4n) is 3.84. The van der Waals surface area contributed by atoms with Gasteiger partial charge in [-0.15, -0.1) is 0 Å². The quantitative estimate of drug-likeness (QED) is 0.759. The van der Waals surface area contributed by atoms with Crippen molar-refractivity contribution in [1.82, 2.24) is 9.80 Å². The Morgan fingerprint density at radius 1 is 1.08 bits per heavy atom. The number of sulfone groups is 1. The number of benzene rings is 1. The second kappa shape index (κ2) is 7.26. The van der Waals surface area contributed by atoms with Crippen LogP contribution in [0.4, 0.5) is 0 Å². The van der Waals surface area contributed by atoms with Crippen LogP contribution in [-0.2, 0) is 25.8 Å². The summed E-state index contributed by atoms with van der Waals surface area (Å²) in [5, 5.41) is 0. The van der Waals surface area contributed by atoms with E-state index in [1.165, 1.54) is 6.92 Å². The Kier molecular flexibility index (Phi) is 5.22. The van der Waals surface area contributed by atoms with Gasteiger partial charge in [-0.1, -0.05) is 12.1 Å². The largest absolute Gasteiger partial charge is 0.497 e. The molecule has 0 N–H and O–H groups in total. The Morgan fingerprint density at radius 2 is 1.65 bits per heavy atom. The minimum Gasteiger partial charge on any atom is -0.497 e. The number of rotatable bonds is 4. The number of carbonyl (C=O) groups is 2. The number of nitrogens with zero attached hydrogens (tertiary/aromatic N) is 2. The summed E-state index contributed by atoms with van der Waals surface area (Å²) < 4.78 is 29.3. The van der Waals surface area contributed by atoms with E-state index in [-0.39, 0.29) is 23.3 Å². The van der Waals surface area contributed by atoms with E-state index in [0.717, 1.165) is 11.3 Å². The lowest BCUT2D eigenvalue weighted by Crippen LogP contribution is -2.61. The summed E-state index contributed by atoms with van der Waals surface area (Å²) in [6, 6.07) is 6.69. The minimum absolute atomic E-state index is 0.0560. The molecule has 8 heteroatoms. The van der Waals surface area contributed by atoms with Crippen LogP contribution in [0.15, 0.2) is 24.3 Å². The summed E-state index contributed by atoms with van der Waals surface area (Å²) in [6.45, 7) is 2.22. The molecule has 0 aromatic heterocycles. The molecule has 2 fully saturated rings. The third-order valence-corrected chi connectivity index (χ3v) is 6.89. The average molecular weight is 380 g/mol. The summed E-state index contributed by atoms with van der Waals surface area (Å²) >= 11 is 0. The lowest BCUT2D eigenvalue weighted by Gasteiger charge is -2.43. The Hall–Kier alpha value is -2.09. The summed E-state index contributed by atoms with van der Waals surface area (Å²) in [6.07, 6.45) is 0.898. The molecule has 7 nitrogen and oxygen atoms in total. The first kappa shape index (κ1) is 18.7. The van der Waals surface area contributed by atoms with E-state index in [9.17, 15) is 18.0 Å². The van der Waals surface area contributed by atoms with Crippen molar-refractivity contribution in [3.63, 3.8) is 0 Å². The molecule has 142 valence electrons. The zero-order chi connectivity index (χ0) is 18.9. The first-order valence-corrected chi connectivity index (χ1v) is 10.5. The molecular formula is C18H24N2O5S. The van der Waals surface area contributed by atoms with Gasteiger partial charge in [0, 0.05) is 26.4 Å². The summed E-state index contributed by atoms with van der Waals surface area (Å²) in [7, 11) is -1.64. The van der Waals surface area contributed by atoms with Crippen molar-refractivity contribution in [2.45, 2.75) is 31.8 Å². The molecular weight excluding hydrogens is 356 g/mol. The molecule has 1 aromatic rings. The number of methoxy groups -OCH3 is 1. The molecule has 0 saturated carbocycles. The van der Waals surface area contributed by atoms with E-state index in [1.54, 1.807) is 16.9 Å². The number of piperazine rings is 1. The third-order valence-electron chi connectivity index (χ3n) is 5.19. The van der Waals surface area contributed by atoms with Gasteiger partial charge in [0.1, 0.15) is 5.75 Å². The van der Waals surface area contributed by atoms with Crippen molar-refractivity contribution in [2.75, 3.05) is 31.7 Å². The van der Waals surface area contributed by atoms with Crippen molar-refractivity contribution in [2.24, 2.45) is 0 Å². The van der Waals surface area contributed by atoms with Gasteiger partial charge in [-0.05, 0) is 24.1 Å². The predicted octanol–water partition coefficient (Wildman–Crippen LogP) is 0.484. The first-order chi connectivity index (χ1) is 12.3. The minimum atomic E-state index is -3.24. The first-order valence-electron chi connectivity index (χ1n) is 8.71. The monoisotopic (exact) mass is 380 g/mol. The molecule has 2 amide bonds. The lowest BCUT2D eigenvalue weighted by molar-refractivity contribution is -0.144. The van der Waals surface area contributed by atoms with Crippen molar-refractivity contribution >= 4 is 21.7 Å². The van der Waals surface area contributed by atoms with E-state index in [0.29, 0.717) is 25.9 Å². The second-order valence-electron chi connectivity index (χ2n) is 6.86. The fourth-order valence-corrected chi connectivity index (χ4v) is 5.82. The highest BCUT2D eigenvalue weighted by Gasteiger charge is 2.48. The van der Waals surface area contributed by atoms with E-state index >= 15 is 0 Å². The number of amides is 2. The van der Waals surface area contributed by atoms with E-state index < -0.39 is 21.9 Å². The highest BCUT2D eigenvalue weighted by molar-refractivity contribution is 7.91. The molecule has 2 aliphatic rings. The molecule has 0 aliphatic carbocycles. The number of fused-ring (bicyclic) bond motifs is 1. The molecule has 2 saturated heterocycles. The highest BCUT2D eigenvalue weighted by atomic mass is 32.2. The van der Waals surface area contributed by atoms with Gasteiger partial charge in [0.25, 0.3) is 0 Å². The maximum Gasteiger partial charge on any atom is 0.223 e. The van der Waals surface area contributed by atoms with Crippen LogP contribution in [0.5, 0.6) is 5.75 Å². The molecule has 2 heterocycles. The summed E-state index contributed by atoms with van der Waals surface area (Å²) in [5.41, 5.74) is 1.03. The molecule has 26 heavy (non-hydrogen) atoms. The third kappa shape index (κ3) is 3.85. The summed E-state index contributed by atoms with van der Waals surface area (Å²) in [4.78, 5) is 27.8. The van der Waals surface area contributed by atoms with Crippen LogP contribution in [0.2, 0.25) is 0 Å². The molecule has 0 unspecified atom stereocenters. The van der Waals surface area contributed by atoms with Gasteiger partial charge < -0.3 is 14.5 Å². The van der Waals surface area contributed by atoms with Crippen molar-refractivity contribution in [3.05, 3.63) is 29.8 Å². The van der Waals surface area contributed by atoms with Crippen LogP contribution >= 0.6 is 0 Å². The molecule has 0 spiro atoms. The van der Waals surface area contributed by atoms with Gasteiger partial charge in [0.15, 0.2) is 9.84 Å². The van der Waals surface area contributed by atoms with Gasteiger partial charge in [0.2, 0.25) is 11.8 Å². The SMILES string of the molecule is COc1ccc(CCC(=O)N2CCN(C(C)=O)[C@@H]3CS(=O)(=O)C[C@@H]32)cc1. The van der Waals surface area contributed by atoms with Crippen LogP contribution in [0, 0.1) is 0 Å². The average Bonchev–Trinajstić information content (AvgIpc) is 2.93. The Bertz CT molecular complexity index is 790. The second-order valence-corrected chi connectivity index (χ2v) is 9.01. The molecule has 0 radical (unpaired) electrons. The Morgan fingerprint density at radius 3 is 2.23 bits per heavy atom. The van der Waals surface area contributed by atoms with Crippen LogP contribution in [-0.4, -0.2) is 73.8 Å². The lowest BCUT2D eigenvalue weighted by atomic mass is 10.0. The van der Waals surface area contributed by atoms with Crippen molar-refractivity contribution in [1.29, 1.82) is 0 Å². The number of aryl methyl sites for hydroxylation is 1. The predicted molar refractivity (Wildman–Crippen MR) is 96.6 cm³/mol. The fraction of sp³-hybridized carbons (Fsp3) is 0.556. The maximum absolute atomic E-state index is 12.7. The molecule has 2 atom stereocenters. The van der Waals surface area contributed by atoms with Crippen LogP contribution in [0.25, 0.3) is 0 Å². The van der Waals surface area contributed by atoms with E-state index in [2.05, 4.69) is 0 Å². The number of carbonyl (C=O) groups excluding carboxylic acids is 2. The molecule has 0 bridgehead atoms. The zero-order valence-electron chi connectivity index (χ0n) is 15.1. The van der Waals surface area contributed by atoms with E-state index in [4.69, 9.17) is 4.74 Å².